The van der Waals surface area contributed by atoms with Crippen LogP contribution in [0.3, 0.4) is 0 Å². The molecule has 1 N–H and O–H groups in total. The predicted molar refractivity (Wildman–Crippen MR) is 120 cm³/mol. The Morgan fingerprint density at radius 2 is 1.61 bits per heavy atom. The van der Waals surface area contributed by atoms with Crippen LogP contribution in [0, 0.1) is 6.92 Å². The van der Waals surface area contributed by atoms with E-state index in [1.54, 1.807) is 44.3 Å². The molecule has 0 fully saturated rings. The topological polar surface area (TPSA) is 108 Å². The Kier molecular flexibility index (Phi) is 5.84. The molecule has 0 saturated carbocycles. The number of nitrogens with one attached hydrogen (secondary N) is 1. The van der Waals surface area contributed by atoms with Gasteiger partial charge in [0.1, 0.15) is 10.1 Å². The van der Waals surface area contributed by atoms with E-state index in [-0.39, 0.29) is 45.8 Å². The molecular formula is C24H17N2NaO5S. The Morgan fingerprint density at radius 3 is 2.30 bits per heavy atom. The van der Waals surface area contributed by atoms with Crippen molar-refractivity contribution in [2.75, 3.05) is 5.32 Å². The van der Waals surface area contributed by atoms with Crippen molar-refractivity contribution < 1.29 is 47.3 Å². The van der Waals surface area contributed by atoms with Crippen LogP contribution in [-0.4, -0.2) is 23.3 Å². The first-order chi connectivity index (χ1) is 15.2. The molecule has 33 heavy (non-hydrogen) atoms. The van der Waals surface area contributed by atoms with Gasteiger partial charge in [0.15, 0.2) is 5.78 Å². The minimum atomic E-state index is -4.65. The van der Waals surface area contributed by atoms with Crippen molar-refractivity contribution in [2.24, 2.45) is 7.05 Å². The Labute approximate surface area is 212 Å². The Hall–Kier alpha value is -2.75. The average molecular weight is 468 g/mol. The van der Waals surface area contributed by atoms with Gasteiger partial charge in [-0.25, -0.2) is 8.42 Å². The number of fused-ring (bicyclic) bond motifs is 2. The summed E-state index contributed by atoms with van der Waals surface area (Å²) in [6, 6.07) is 16.5. The summed E-state index contributed by atoms with van der Waals surface area (Å²) in [6.45, 7) is 1.54. The van der Waals surface area contributed by atoms with Gasteiger partial charge in [-0.2, -0.15) is 0 Å². The van der Waals surface area contributed by atoms with E-state index in [9.17, 15) is 22.6 Å². The van der Waals surface area contributed by atoms with Gasteiger partial charge in [-0.3, -0.25) is 9.59 Å². The fourth-order valence-electron chi connectivity index (χ4n) is 4.26. The second-order valence-electron chi connectivity index (χ2n) is 7.77. The molecule has 5 rings (SSSR count). The molecule has 0 unspecified atom stereocenters. The van der Waals surface area contributed by atoms with Crippen LogP contribution in [-0.2, 0) is 17.2 Å². The number of ketones is 1. The number of hydrogen-bond acceptors (Lipinski definition) is 6. The van der Waals surface area contributed by atoms with Gasteiger partial charge in [-0.05, 0) is 47.9 Å². The molecule has 0 radical (unpaired) electrons. The largest absolute Gasteiger partial charge is 1.00 e. The van der Waals surface area contributed by atoms with E-state index in [2.05, 4.69) is 5.32 Å². The number of carbonyl (C=O) groups is 1. The first-order valence-electron chi connectivity index (χ1n) is 9.81. The zero-order chi connectivity index (χ0) is 22.8. The van der Waals surface area contributed by atoms with Gasteiger partial charge in [0.25, 0.3) is 5.56 Å². The molecule has 1 aliphatic rings. The number of carbonyl (C=O) groups excluding carboxylic acids is 1. The molecule has 0 amide bonds. The van der Waals surface area contributed by atoms with E-state index in [4.69, 9.17) is 0 Å². The van der Waals surface area contributed by atoms with Crippen LogP contribution in [0.5, 0.6) is 0 Å². The van der Waals surface area contributed by atoms with E-state index >= 15 is 0 Å². The van der Waals surface area contributed by atoms with Crippen LogP contribution in [0.1, 0.15) is 21.5 Å². The Balaban J connectivity index is 0.00000259. The SMILES string of the molecule is Cc1ccc(Nc2ccc3c4c(cc(=O)n3C)-c3ccccc3C(=O)c24)cc1S(=O)(=O)[O-].[Na+]. The van der Waals surface area contributed by atoms with Crippen molar-refractivity contribution in [1.29, 1.82) is 0 Å². The molecular weight excluding hydrogens is 451 g/mol. The number of hydrogen-bond donors (Lipinski definition) is 1. The predicted octanol–water partition coefficient (Wildman–Crippen LogP) is 0.710. The molecule has 0 atom stereocenters. The molecule has 0 aliphatic heterocycles. The summed E-state index contributed by atoms with van der Waals surface area (Å²) in [5, 5.41) is 3.74. The molecule has 1 heterocycles. The standard InChI is InChI=1S/C24H18N2O5S.Na/c1-13-7-8-14(11-20(13)32(29,30)31)25-18-9-10-19-22-17(12-21(27)26(19)2)15-5-3-4-6-16(15)24(28)23(18)22;/h3-12,25H,1-2H3,(H,29,30,31);/q;+1/p-1. The molecule has 3 aromatic carbocycles. The first-order valence-corrected chi connectivity index (χ1v) is 11.2. The maximum Gasteiger partial charge on any atom is 1.00 e. The quantitative estimate of drug-likeness (QED) is 0.309. The van der Waals surface area contributed by atoms with Crippen molar-refractivity contribution in [2.45, 2.75) is 11.8 Å². The van der Waals surface area contributed by atoms with Gasteiger partial charge in [-0.15, -0.1) is 0 Å². The summed E-state index contributed by atoms with van der Waals surface area (Å²) in [5.41, 5.74) is 3.81. The number of aromatic nitrogens is 1. The second-order valence-corrected chi connectivity index (χ2v) is 9.12. The molecule has 7 nitrogen and oxygen atoms in total. The fraction of sp³-hybridized carbons (Fsp3) is 0.0833. The van der Waals surface area contributed by atoms with Crippen LogP contribution in [0.25, 0.3) is 22.0 Å². The fourth-order valence-corrected chi connectivity index (χ4v) is 4.99. The van der Waals surface area contributed by atoms with Crippen molar-refractivity contribution in [3.63, 3.8) is 0 Å². The second kappa shape index (κ2) is 8.23. The number of benzene rings is 3. The van der Waals surface area contributed by atoms with Crippen molar-refractivity contribution in [3.05, 3.63) is 87.7 Å². The number of aryl methyl sites for hydroxylation is 2. The third-order valence-electron chi connectivity index (χ3n) is 5.84. The van der Waals surface area contributed by atoms with E-state index in [1.807, 2.05) is 12.1 Å². The molecule has 0 saturated heterocycles. The van der Waals surface area contributed by atoms with E-state index in [1.165, 1.54) is 22.8 Å². The molecule has 0 bridgehead atoms. The van der Waals surface area contributed by atoms with Gasteiger partial charge in [0.05, 0.1) is 21.7 Å². The average Bonchev–Trinajstić information content (AvgIpc) is 2.75. The summed E-state index contributed by atoms with van der Waals surface area (Å²) in [4.78, 5) is 25.7. The summed E-state index contributed by atoms with van der Waals surface area (Å²) < 4.78 is 36.3. The molecule has 1 aliphatic carbocycles. The zero-order valence-electron chi connectivity index (χ0n) is 18.2. The minimum absolute atomic E-state index is 0. The first kappa shape index (κ1) is 23.4. The summed E-state index contributed by atoms with van der Waals surface area (Å²) in [7, 11) is -3.00. The molecule has 9 heteroatoms. The zero-order valence-corrected chi connectivity index (χ0v) is 21.0. The van der Waals surface area contributed by atoms with E-state index in [0.29, 0.717) is 50.1 Å². The van der Waals surface area contributed by atoms with E-state index < -0.39 is 10.1 Å². The van der Waals surface area contributed by atoms with Gasteiger partial charge in [0, 0.05) is 29.8 Å². The van der Waals surface area contributed by atoms with Crippen molar-refractivity contribution in [1.82, 2.24) is 4.57 Å². The van der Waals surface area contributed by atoms with Crippen LogP contribution >= 0.6 is 0 Å². The minimum Gasteiger partial charge on any atom is -0.744 e. The normalized spacial score (nSPS) is 12.3. The third-order valence-corrected chi connectivity index (χ3v) is 6.82. The molecule has 1 aromatic heterocycles. The van der Waals surface area contributed by atoms with Crippen LogP contribution in [0.2, 0.25) is 0 Å². The molecule has 160 valence electrons. The maximum atomic E-state index is 13.5. The Morgan fingerprint density at radius 1 is 0.909 bits per heavy atom. The van der Waals surface area contributed by atoms with Gasteiger partial charge < -0.3 is 14.4 Å². The third kappa shape index (κ3) is 3.74. The van der Waals surface area contributed by atoms with Crippen LogP contribution in [0.15, 0.2) is 70.4 Å². The maximum absolute atomic E-state index is 13.5. The summed E-state index contributed by atoms with van der Waals surface area (Å²) >= 11 is 0. The molecule has 4 aromatic rings. The smallest absolute Gasteiger partial charge is 0.744 e. The van der Waals surface area contributed by atoms with Gasteiger partial charge in [0.2, 0.25) is 0 Å². The van der Waals surface area contributed by atoms with Crippen molar-refractivity contribution in [3.8, 4) is 11.1 Å². The Bertz CT molecular complexity index is 1640. The molecule has 0 spiro atoms. The van der Waals surface area contributed by atoms with Crippen LogP contribution in [0.4, 0.5) is 11.4 Å². The van der Waals surface area contributed by atoms with Crippen molar-refractivity contribution >= 4 is 38.2 Å². The van der Waals surface area contributed by atoms with Crippen LogP contribution < -0.4 is 40.4 Å². The van der Waals surface area contributed by atoms with Gasteiger partial charge in [-0.1, -0.05) is 30.3 Å². The monoisotopic (exact) mass is 468 g/mol. The summed E-state index contributed by atoms with van der Waals surface area (Å²) in [6.07, 6.45) is 0. The number of nitrogens with zero attached hydrogens (tertiary/aromatic N) is 1. The van der Waals surface area contributed by atoms with Gasteiger partial charge >= 0.3 is 29.6 Å². The number of rotatable bonds is 3. The number of anilines is 2. The number of pyridine rings is 1. The summed E-state index contributed by atoms with van der Waals surface area (Å²) in [5.74, 6) is -0.205. The van der Waals surface area contributed by atoms with E-state index in [0.717, 1.165) is 0 Å².